The van der Waals surface area contributed by atoms with E-state index in [9.17, 15) is 14.9 Å². The third-order valence-corrected chi connectivity index (χ3v) is 5.16. The number of nitrogens with one attached hydrogen (secondary N) is 2. The molecule has 2 N–H and O–H groups in total. The molecule has 1 saturated heterocycles. The number of amidine groups is 1. The standard InChI is InChI=1S/C17H12N4O3S/c18-16-12(17-19-13-3-1-2-4-14(13)25-17)9-15(22)20(16)10-5-7-11(8-6-10)21(23)24/h1-8,18-19H,9H2/b17-12+,18-16?. The Kier molecular flexibility index (Phi) is 3.54. The minimum atomic E-state index is -0.495. The topological polar surface area (TPSA) is 99.3 Å². The number of rotatable bonds is 2. The van der Waals surface area contributed by atoms with Crippen molar-refractivity contribution in [2.75, 3.05) is 10.2 Å². The zero-order valence-electron chi connectivity index (χ0n) is 12.9. The van der Waals surface area contributed by atoms with Crippen LogP contribution in [-0.2, 0) is 4.79 Å². The number of nitrogens with zero attached hydrogens (tertiary/aromatic N) is 2. The molecular formula is C17H12N4O3S. The van der Waals surface area contributed by atoms with Crippen LogP contribution in [0.15, 0.2) is 64.0 Å². The number of hydrogen-bond donors (Lipinski definition) is 2. The second-order valence-electron chi connectivity index (χ2n) is 5.56. The number of amides is 1. The first kappa shape index (κ1) is 15.4. The molecule has 1 amide bonds. The number of anilines is 2. The summed E-state index contributed by atoms with van der Waals surface area (Å²) in [5, 5.41) is 23.2. The van der Waals surface area contributed by atoms with E-state index in [1.165, 1.54) is 40.9 Å². The van der Waals surface area contributed by atoms with E-state index in [0.717, 1.165) is 15.6 Å². The summed E-state index contributed by atoms with van der Waals surface area (Å²) in [5.74, 6) is -0.124. The fraction of sp³-hybridized carbons (Fsp3) is 0.0588. The van der Waals surface area contributed by atoms with Crippen LogP contribution < -0.4 is 10.2 Å². The van der Waals surface area contributed by atoms with E-state index in [-0.39, 0.29) is 23.9 Å². The molecule has 0 atom stereocenters. The summed E-state index contributed by atoms with van der Waals surface area (Å²) >= 11 is 1.50. The van der Waals surface area contributed by atoms with Gasteiger partial charge in [-0.05, 0) is 24.3 Å². The number of nitro benzene ring substituents is 1. The SMILES string of the molecule is N=C1/C(=C2\Nc3ccccc3S2)CC(=O)N1c1ccc([N+](=O)[O-])cc1. The van der Waals surface area contributed by atoms with Gasteiger partial charge in [0, 0.05) is 22.6 Å². The van der Waals surface area contributed by atoms with E-state index in [2.05, 4.69) is 5.32 Å². The molecule has 2 aliphatic rings. The maximum absolute atomic E-state index is 12.4. The van der Waals surface area contributed by atoms with Gasteiger partial charge in [0.05, 0.1) is 27.7 Å². The summed E-state index contributed by atoms with van der Waals surface area (Å²) in [6, 6.07) is 13.4. The predicted molar refractivity (Wildman–Crippen MR) is 95.9 cm³/mol. The molecule has 25 heavy (non-hydrogen) atoms. The van der Waals surface area contributed by atoms with Crippen LogP contribution >= 0.6 is 11.8 Å². The van der Waals surface area contributed by atoms with Crippen LogP contribution in [-0.4, -0.2) is 16.7 Å². The molecule has 0 aromatic heterocycles. The lowest BCUT2D eigenvalue weighted by molar-refractivity contribution is -0.384. The van der Waals surface area contributed by atoms with Gasteiger partial charge in [0.25, 0.3) is 5.69 Å². The minimum absolute atomic E-state index is 0.0519. The Morgan fingerprint density at radius 3 is 2.56 bits per heavy atom. The molecule has 0 bridgehead atoms. The van der Waals surface area contributed by atoms with Crippen LogP contribution in [0.5, 0.6) is 0 Å². The molecule has 0 aliphatic carbocycles. The monoisotopic (exact) mass is 352 g/mol. The Bertz CT molecular complexity index is 926. The van der Waals surface area contributed by atoms with Gasteiger partial charge < -0.3 is 5.32 Å². The Labute approximate surface area is 147 Å². The van der Waals surface area contributed by atoms with Crippen molar-refractivity contribution in [2.45, 2.75) is 11.3 Å². The summed E-state index contributed by atoms with van der Waals surface area (Å²) in [4.78, 5) is 25.0. The highest BCUT2D eigenvalue weighted by Crippen LogP contribution is 2.44. The fourth-order valence-electron chi connectivity index (χ4n) is 2.81. The Hall–Kier alpha value is -3.13. The second-order valence-corrected chi connectivity index (χ2v) is 6.61. The summed E-state index contributed by atoms with van der Waals surface area (Å²) in [6.45, 7) is 0. The van der Waals surface area contributed by atoms with Crippen LogP contribution in [0, 0.1) is 15.5 Å². The number of carbonyl (C=O) groups excluding carboxylic acids is 1. The van der Waals surface area contributed by atoms with E-state index in [4.69, 9.17) is 5.41 Å². The van der Waals surface area contributed by atoms with Gasteiger partial charge in [0.2, 0.25) is 5.91 Å². The van der Waals surface area contributed by atoms with Crippen LogP contribution in [0.1, 0.15) is 6.42 Å². The molecule has 124 valence electrons. The lowest BCUT2D eigenvalue weighted by Crippen LogP contribution is -2.28. The van der Waals surface area contributed by atoms with E-state index in [1.807, 2.05) is 24.3 Å². The Morgan fingerprint density at radius 2 is 1.88 bits per heavy atom. The molecule has 2 aromatic carbocycles. The maximum atomic E-state index is 12.4. The number of para-hydroxylation sites is 1. The number of carbonyl (C=O) groups is 1. The molecule has 2 heterocycles. The minimum Gasteiger partial charge on any atom is -0.349 e. The molecule has 0 saturated carbocycles. The number of hydrogen-bond acceptors (Lipinski definition) is 6. The van der Waals surface area contributed by atoms with Gasteiger partial charge in [0.15, 0.2) is 0 Å². The number of fused-ring (bicyclic) bond motifs is 1. The summed E-state index contributed by atoms with van der Waals surface area (Å²) in [6.07, 6.45) is 0.124. The zero-order chi connectivity index (χ0) is 17.6. The quantitative estimate of drug-likeness (QED) is 0.633. The lowest BCUT2D eigenvalue weighted by atomic mass is 10.2. The summed E-state index contributed by atoms with van der Waals surface area (Å²) in [5.41, 5.74) is 1.99. The van der Waals surface area contributed by atoms with E-state index in [0.29, 0.717) is 11.3 Å². The van der Waals surface area contributed by atoms with Gasteiger partial charge in [-0.2, -0.15) is 0 Å². The molecule has 1 fully saturated rings. The maximum Gasteiger partial charge on any atom is 0.269 e. The van der Waals surface area contributed by atoms with Crippen LogP contribution in [0.25, 0.3) is 0 Å². The Morgan fingerprint density at radius 1 is 1.16 bits per heavy atom. The first-order valence-corrected chi connectivity index (χ1v) is 8.29. The van der Waals surface area contributed by atoms with Crippen molar-refractivity contribution < 1.29 is 9.72 Å². The number of thioether (sulfide) groups is 1. The first-order chi connectivity index (χ1) is 12.0. The Balaban J connectivity index is 1.65. The molecule has 4 rings (SSSR count). The predicted octanol–water partition coefficient (Wildman–Crippen LogP) is 3.74. The van der Waals surface area contributed by atoms with E-state index >= 15 is 0 Å². The van der Waals surface area contributed by atoms with Crippen molar-refractivity contribution in [3.05, 3.63) is 69.2 Å². The molecule has 0 radical (unpaired) electrons. The highest BCUT2D eigenvalue weighted by molar-refractivity contribution is 8.03. The molecule has 7 nitrogen and oxygen atoms in total. The summed E-state index contributed by atoms with van der Waals surface area (Å²) < 4.78 is 0. The average molecular weight is 352 g/mol. The van der Waals surface area contributed by atoms with Crippen LogP contribution in [0.3, 0.4) is 0 Å². The number of nitro groups is 1. The van der Waals surface area contributed by atoms with Crippen LogP contribution in [0.4, 0.5) is 17.1 Å². The van der Waals surface area contributed by atoms with Crippen LogP contribution in [0.2, 0.25) is 0 Å². The third kappa shape index (κ3) is 2.56. The second kappa shape index (κ2) is 5.75. The largest absolute Gasteiger partial charge is 0.349 e. The highest BCUT2D eigenvalue weighted by Gasteiger charge is 2.36. The van der Waals surface area contributed by atoms with Gasteiger partial charge in [0.1, 0.15) is 5.84 Å². The van der Waals surface area contributed by atoms with Crippen molar-refractivity contribution in [1.82, 2.24) is 0 Å². The highest BCUT2D eigenvalue weighted by atomic mass is 32.2. The zero-order valence-corrected chi connectivity index (χ0v) is 13.7. The van der Waals surface area contributed by atoms with E-state index in [1.54, 1.807) is 0 Å². The van der Waals surface area contributed by atoms with Gasteiger partial charge in [-0.15, -0.1) is 0 Å². The third-order valence-electron chi connectivity index (χ3n) is 4.03. The molecular weight excluding hydrogens is 340 g/mol. The normalized spacial score (nSPS) is 19.1. The molecule has 2 aromatic rings. The van der Waals surface area contributed by atoms with Crippen molar-refractivity contribution in [1.29, 1.82) is 5.41 Å². The first-order valence-electron chi connectivity index (χ1n) is 7.48. The van der Waals surface area contributed by atoms with Crippen molar-refractivity contribution in [3.63, 3.8) is 0 Å². The lowest BCUT2D eigenvalue weighted by Gasteiger charge is -2.15. The van der Waals surface area contributed by atoms with Crippen molar-refractivity contribution in [2.24, 2.45) is 0 Å². The van der Waals surface area contributed by atoms with E-state index < -0.39 is 4.92 Å². The number of benzene rings is 2. The molecule has 0 unspecified atom stereocenters. The summed E-state index contributed by atoms with van der Waals surface area (Å²) in [7, 11) is 0. The fourth-order valence-corrected chi connectivity index (χ4v) is 3.86. The molecule has 0 spiro atoms. The van der Waals surface area contributed by atoms with Gasteiger partial charge in [-0.1, -0.05) is 23.9 Å². The van der Waals surface area contributed by atoms with Gasteiger partial charge in [-0.3, -0.25) is 25.2 Å². The van der Waals surface area contributed by atoms with Crippen molar-refractivity contribution in [3.8, 4) is 0 Å². The average Bonchev–Trinajstić information content (AvgIpc) is 3.15. The van der Waals surface area contributed by atoms with Gasteiger partial charge >= 0.3 is 0 Å². The van der Waals surface area contributed by atoms with Gasteiger partial charge in [-0.25, -0.2) is 0 Å². The molecule has 8 heteroatoms. The number of non-ortho nitro benzene ring substituents is 1. The smallest absolute Gasteiger partial charge is 0.269 e. The van der Waals surface area contributed by atoms with Crippen molar-refractivity contribution >= 4 is 40.6 Å². The molecule has 2 aliphatic heterocycles.